The van der Waals surface area contributed by atoms with Crippen LogP contribution < -0.4 is 0 Å². The van der Waals surface area contributed by atoms with Crippen LogP contribution in [-0.4, -0.2) is 6.21 Å². The molecule has 0 aromatic rings. The van der Waals surface area contributed by atoms with E-state index in [1.165, 1.54) is 6.21 Å². The van der Waals surface area contributed by atoms with Crippen molar-refractivity contribution in [1.29, 1.82) is 5.41 Å². The van der Waals surface area contributed by atoms with Crippen LogP contribution in [0.1, 0.15) is 13.3 Å². The van der Waals surface area contributed by atoms with E-state index in [-0.39, 0.29) is 0 Å². The molecule has 0 radical (unpaired) electrons. The molecule has 0 saturated heterocycles. The maximum absolute atomic E-state index is 6.82. The minimum absolute atomic E-state index is 0.806. The Morgan fingerprint density at radius 3 is 2.50 bits per heavy atom. The first-order chi connectivity index (χ1) is 3.85. The van der Waals surface area contributed by atoms with Gasteiger partial charge in [-0.05, 0) is 18.9 Å². The second kappa shape index (κ2) is 4.31. The maximum atomic E-state index is 6.82. The molecule has 0 fully saturated rings. The molecule has 0 aromatic heterocycles. The van der Waals surface area contributed by atoms with E-state index >= 15 is 0 Å². The van der Waals surface area contributed by atoms with Gasteiger partial charge in [0.1, 0.15) is 0 Å². The molecule has 44 valence electrons. The van der Waals surface area contributed by atoms with E-state index in [1.807, 2.05) is 13.0 Å². The average Bonchev–Trinajstić information content (AvgIpc) is 1.83. The largest absolute Gasteiger partial charge is 0.308 e. The van der Waals surface area contributed by atoms with Crippen molar-refractivity contribution in [3.05, 3.63) is 24.3 Å². The smallest absolute Gasteiger partial charge is 0.0209 e. The van der Waals surface area contributed by atoms with Gasteiger partial charge in [0.2, 0.25) is 0 Å². The number of rotatable bonds is 3. The van der Waals surface area contributed by atoms with Gasteiger partial charge in [0, 0.05) is 6.21 Å². The zero-order valence-electron chi connectivity index (χ0n) is 5.15. The SMILES string of the molecule is C=CC/C(C=N)=C/C. The molecule has 0 aliphatic heterocycles. The Kier molecular flexibility index (Phi) is 3.85. The van der Waals surface area contributed by atoms with Gasteiger partial charge in [0.25, 0.3) is 0 Å². The van der Waals surface area contributed by atoms with Crippen LogP contribution in [0.3, 0.4) is 0 Å². The summed E-state index contributed by atoms with van der Waals surface area (Å²) < 4.78 is 0. The Balaban J connectivity index is 3.71. The third-order valence-corrected chi connectivity index (χ3v) is 0.936. The van der Waals surface area contributed by atoms with E-state index in [4.69, 9.17) is 5.41 Å². The third kappa shape index (κ3) is 2.35. The molecule has 0 aromatic carbocycles. The van der Waals surface area contributed by atoms with Crippen molar-refractivity contribution in [1.82, 2.24) is 0 Å². The monoisotopic (exact) mass is 109 g/mol. The summed E-state index contributed by atoms with van der Waals surface area (Å²) >= 11 is 0. The van der Waals surface area contributed by atoms with Crippen molar-refractivity contribution in [3.63, 3.8) is 0 Å². The standard InChI is InChI=1S/C7H11N/c1-3-5-7(4-2)6-8/h3-4,6,8H,1,5H2,2H3/b7-4-,8-6?. The van der Waals surface area contributed by atoms with E-state index < -0.39 is 0 Å². The van der Waals surface area contributed by atoms with E-state index in [0.29, 0.717) is 0 Å². The van der Waals surface area contributed by atoms with Crippen LogP contribution >= 0.6 is 0 Å². The number of allylic oxidation sites excluding steroid dienone is 3. The number of hydrogen-bond donors (Lipinski definition) is 1. The Bertz CT molecular complexity index is 112. The van der Waals surface area contributed by atoms with Crippen LogP contribution in [-0.2, 0) is 0 Å². The van der Waals surface area contributed by atoms with Crippen LogP contribution in [0.4, 0.5) is 0 Å². The molecule has 0 rings (SSSR count). The van der Waals surface area contributed by atoms with Crippen molar-refractivity contribution in [2.24, 2.45) is 0 Å². The summed E-state index contributed by atoms with van der Waals surface area (Å²) in [7, 11) is 0. The second-order valence-corrected chi connectivity index (χ2v) is 1.50. The van der Waals surface area contributed by atoms with Crippen LogP contribution in [0.25, 0.3) is 0 Å². The average molecular weight is 109 g/mol. The van der Waals surface area contributed by atoms with Crippen LogP contribution in [0.15, 0.2) is 24.3 Å². The summed E-state index contributed by atoms with van der Waals surface area (Å²) in [5, 5.41) is 6.82. The second-order valence-electron chi connectivity index (χ2n) is 1.50. The third-order valence-electron chi connectivity index (χ3n) is 0.936. The van der Waals surface area contributed by atoms with Crippen molar-refractivity contribution in [2.75, 3.05) is 0 Å². The first kappa shape index (κ1) is 7.15. The molecule has 1 N–H and O–H groups in total. The predicted octanol–water partition coefficient (Wildman–Crippen LogP) is 2.16. The van der Waals surface area contributed by atoms with E-state index in [1.54, 1.807) is 6.08 Å². The fourth-order valence-corrected chi connectivity index (χ4v) is 0.427. The lowest BCUT2D eigenvalue weighted by Crippen LogP contribution is -1.77. The summed E-state index contributed by atoms with van der Waals surface area (Å²) in [6.07, 6.45) is 5.86. The van der Waals surface area contributed by atoms with Crippen molar-refractivity contribution in [2.45, 2.75) is 13.3 Å². The molecule has 1 nitrogen and oxygen atoms in total. The van der Waals surface area contributed by atoms with Crippen LogP contribution in [0, 0.1) is 5.41 Å². The van der Waals surface area contributed by atoms with Gasteiger partial charge in [-0.3, -0.25) is 0 Å². The van der Waals surface area contributed by atoms with Crippen LogP contribution in [0.5, 0.6) is 0 Å². The quantitative estimate of drug-likeness (QED) is 0.424. The zero-order valence-corrected chi connectivity index (χ0v) is 5.15. The van der Waals surface area contributed by atoms with Gasteiger partial charge >= 0.3 is 0 Å². The van der Waals surface area contributed by atoms with Crippen molar-refractivity contribution in [3.8, 4) is 0 Å². The summed E-state index contributed by atoms with van der Waals surface area (Å²) in [6, 6.07) is 0. The molecule has 1 heteroatoms. The van der Waals surface area contributed by atoms with Gasteiger partial charge < -0.3 is 5.41 Å². The molecule has 0 aliphatic carbocycles. The summed E-state index contributed by atoms with van der Waals surface area (Å²) in [5.41, 5.74) is 1.01. The fraction of sp³-hybridized carbons (Fsp3) is 0.286. The molecule has 0 unspecified atom stereocenters. The minimum atomic E-state index is 0.806. The van der Waals surface area contributed by atoms with Gasteiger partial charge in [-0.1, -0.05) is 12.2 Å². The summed E-state index contributed by atoms with van der Waals surface area (Å²) in [5.74, 6) is 0. The number of nitrogens with one attached hydrogen (secondary N) is 1. The highest BCUT2D eigenvalue weighted by atomic mass is 14.3. The normalized spacial score (nSPS) is 10.9. The van der Waals surface area contributed by atoms with Gasteiger partial charge in [0.05, 0.1) is 0 Å². The van der Waals surface area contributed by atoms with Crippen molar-refractivity contribution < 1.29 is 0 Å². The minimum Gasteiger partial charge on any atom is -0.308 e. The molecule has 0 saturated carbocycles. The highest BCUT2D eigenvalue weighted by molar-refractivity contribution is 5.75. The number of hydrogen-bond acceptors (Lipinski definition) is 1. The van der Waals surface area contributed by atoms with E-state index in [9.17, 15) is 0 Å². The lowest BCUT2D eigenvalue weighted by atomic mass is 10.2. The Morgan fingerprint density at radius 1 is 1.75 bits per heavy atom. The zero-order chi connectivity index (χ0) is 6.41. The molecule has 0 amide bonds. The van der Waals surface area contributed by atoms with Gasteiger partial charge in [-0.2, -0.15) is 0 Å². The Labute approximate surface area is 50.2 Å². The molecule has 0 bridgehead atoms. The summed E-state index contributed by atoms with van der Waals surface area (Å²) in [6.45, 7) is 5.47. The molecular formula is C7H11N. The molecule has 0 aliphatic rings. The van der Waals surface area contributed by atoms with Crippen molar-refractivity contribution >= 4 is 6.21 Å². The molecule has 0 spiro atoms. The Morgan fingerprint density at radius 2 is 2.38 bits per heavy atom. The molecule has 0 heterocycles. The van der Waals surface area contributed by atoms with Gasteiger partial charge in [0.15, 0.2) is 0 Å². The van der Waals surface area contributed by atoms with E-state index in [2.05, 4.69) is 6.58 Å². The van der Waals surface area contributed by atoms with Crippen LogP contribution in [0.2, 0.25) is 0 Å². The Hall–Kier alpha value is -0.850. The highest BCUT2D eigenvalue weighted by Crippen LogP contribution is 1.95. The first-order valence-corrected chi connectivity index (χ1v) is 2.61. The predicted molar refractivity (Wildman–Crippen MR) is 37.4 cm³/mol. The van der Waals surface area contributed by atoms with Gasteiger partial charge in [-0.15, -0.1) is 6.58 Å². The highest BCUT2D eigenvalue weighted by Gasteiger charge is 1.81. The van der Waals surface area contributed by atoms with Gasteiger partial charge in [-0.25, -0.2) is 0 Å². The van der Waals surface area contributed by atoms with E-state index in [0.717, 1.165) is 12.0 Å². The lowest BCUT2D eigenvalue weighted by molar-refractivity contribution is 1.31. The lowest BCUT2D eigenvalue weighted by Gasteiger charge is -1.88. The topological polar surface area (TPSA) is 23.9 Å². The first-order valence-electron chi connectivity index (χ1n) is 2.61. The molecular weight excluding hydrogens is 98.1 g/mol. The molecule has 0 atom stereocenters. The molecule has 8 heavy (non-hydrogen) atoms. The fourth-order valence-electron chi connectivity index (χ4n) is 0.427. The summed E-state index contributed by atoms with van der Waals surface area (Å²) in [4.78, 5) is 0. The maximum Gasteiger partial charge on any atom is 0.0209 e.